The summed E-state index contributed by atoms with van der Waals surface area (Å²) in [6, 6.07) is 79.7. The van der Waals surface area contributed by atoms with E-state index in [-0.39, 0.29) is 11.6 Å². The van der Waals surface area contributed by atoms with Crippen molar-refractivity contribution in [3.05, 3.63) is 270 Å². The molecule has 5 heteroatoms. The van der Waals surface area contributed by atoms with Gasteiger partial charge in [0.2, 0.25) is 0 Å². The maximum Gasteiger partial charge on any atom is 0.123 e. The Labute approximate surface area is 471 Å². The van der Waals surface area contributed by atoms with Crippen molar-refractivity contribution < 1.29 is 8.78 Å². The fourth-order valence-corrected chi connectivity index (χ4v) is 13.8. The number of hydrogen-bond donors (Lipinski definition) is 0. The monoisotopic (exact) mass is 1050 g/mol. The number of para-hydroxylation sites is 5. The predicted octanol–water partition coefficient (Wildman–Crippen LogP) is 20.8. The smallest absolute Gasteiger partial charge is 0.123 e. The molecule has 0 saturated carbocycles. The average Bonchev–Trinajstić information content (AvgIpc) is 3.01. The molecule has 0 amide bonds. The van der Waals surface area contributed by atoms with E-state index in [0.29, 0.717) is 6.42 Å². The molecule has 394 valence electrons. The Morgan fingerprint density at radius 3 is 1.35 bits per heavy atom. The van der Waals surface area contributed by atoms with E-state index in [9.17, 15) is 0 Å². The number of fused-ring (bicyclic) bond motifs is 10. The van der Waals surface area contributed by atoms with Crippen LogP contribution in [0.1, 0.15) is 69.4 Å². The molecule has 0 fully saturated rings. The minimum atomic E-state index is -0.557. The van der Waals surface area contributed by atoms with Gasteiger partial charge < -0.3 is 13.7 Å². The lowest BCUT2D eigenvalue weighted by atomic mass is 9.68. The third-order valence-electron chi connectivity index (χ3n) is 16.8. The van der Waals surface area contributed by atoms with Gasteiger partial charge >= 0.3 is 0 Å². The molecule has 0 bridgehead atoms. The summed E-state index contributed by atoms with van der Waals surface area (Å²) in [5.41, 5.74) is 19.7. The molecule has 0 radical (unpaired) electrons. The van der Waals surface area contributed by atoms with Crippen LogP contribution in [0.4, 0.5) is 8.78 Å². The Balaban J connectivity index is 1.24. The minimum Gasteiger partial charge on any atom is -0.309 e. The molecule has 81 heavy (non-hydrogen) atoms. The fourth-order valence-electron chi connectivity index (χ4n) is 13.8. The number of aromatic nitrogens is 3. The molecule has 0 atom stereocenters. The highest BCUT2D eigenvalue weighted by atomic mass is 19.1. The minimum absolute atomic E-state index is 0.331. The molecule has 0 aliphatic rings. The van der Waals surface area contributed by atoms with Crippen molar-refractivity contribution >= 4 is 65.4 Å². The van der Waals surface area contributed by atoms with Gasteiger partial charge in [-0.05, 0) is 153 Å². The van der Waals surface area contributed by atoms with Gasteiger partial charge in [0.25, 0.3) is 0 Å². The van der Waals surface area contributed by atoms with E-state index in [1.54, 1.807) is 12.1 Å². The van der Waals surface area contributed by atoms with Crippen LogP contribution in [0.3, 0.4) is 0 Å². The van der Waals surface area contributed by atoms with E-state index in [2.05, 4.69) is 256 Å². The Hall–Kier alpha value is -9.32. The van der Waals surface area contributed by atoms with Crippen molar-refractivity contribution in [3.63, 3.8) is 0 Å². The quantitative estimate of drug-likeness (QED) is 0.144. The van der Waals surface area contributed by atoms with Crippen LogP contribution in [-0.4, -0.2) is 13.7 Å². The average molecular weight is 1050 g/mol. The zero-order valence-electron chi connectivity index (χ0n) is 46.7. The normalized spacial score (nSPS) is 12.3. The summed E-state index contributed by atoms with van der Waals surface area (Å²) in [6.07, 6.45) is 0.510. The Kier molecular flexibility index (Phi) is 11.7. The molecule has 0 saturated heterocycles. The summed E-state index contributed by atoms with van der Waals surface area (Å²) in [5, 5.41) is 6.73. The molecular formula is C76H61F2N3. The van der Waals surface area contributed by atoms with Gasteiger partial charge in [0, 0.05) is 54.8 Å². The Bertz CT molecular complexity index is 4740. The first-order valence-electron chi connectivity index (χ1n) is 28.2. The van der Waals surface area contributed by atoms with Crippen LogP contribution in [-0.2, 0) is 17.3 Å². The highest BCUT2D eigenvalue weighted by Gasteiger charge is 2.38. The second kappa shape index (κ2) is 18.9. The van der Waals surface area contributed by atoms with Crippen molar-refractivity contribution in [1.82, 2.24) is 13.7 Å². The maximum absolute atomic E-state index is 16.7. The molecule has 11 aromatic carbocycles. The van der Waals surface area contributed by atoms with Crippen molar-refractivity contribution in [2.75, 3.05) is 0 Å². The van der Waals surface area contributed by atoms with Crippen molar-refractivity contribution in [1.29, 1.82) is 0 Å². The van der Waals surface area contributed by atoms with Crippen LogP contribution in [0.5, 0.6) is 0 Å². The molecule has 0 spiro atoms. The zero-order chi connectivity index (χ0) is 55.5. The number of benzene rings is 11. The van der Waals surface area contributed by atoms with Gasteiger partial charge in [-0.25, -0.2) is 8.78 Å². The van der Waals surface area contributed by atoms with Gasteiger partial charge in [-0.3, -0.25) is 0 Å². The van der Waals surface area contributed by atoms with Gasteiger partial charge in [0.05, 0.1) is 38.8 Å². The first kappa shape index (κ1) is 49.9. The zero-order valence-corrected chi connectivity index (χ0v) is 46.7. The number of halogens is 2. The topological polar surface area (TPSA) is 14.8 Å². The Morgan fingerprint density at radius 1 is 0.358 bits per heavy atom. The number of rotatable bonds is 8. The first-order chi connectivity index (χ1) is 39.3. The number of hydrogen-bond acceptors (Lipinski definition) is 0. The van der Waals surface area contributed by atoms with Crippen LogP contribution >= 0.6 is 0 Å². The molecule has 3 aromatic heterocycles. The molecule has 0 unspecified atom stereocenters. The molecule has 3 heterocycles. The van der Waals surface area contributed by atoms with Crippen molar-refractivity contribution in [2.24, 2.45) is 0 Å². The lowest BCUT2D eigenvalue weighted by molar-refractivity contribution is 0.559. The highest BCUT2D eigenvalue weighted by molar-refractivity contribution is 6.27. The van der Waals surface area contributed by atoms with Gasteiger partial charge in [0.15, 0.2) is 0 Å². The van der Waals surface area contributed by atoms with Crippen LogP contribution in [0.15, 0.2) is 231 Å². The predicted molar refractivity (Wildman–Crippen MR) is 337 cm³/mol. The summed E-state index contributed by atoms with van der Waals surface area (Å²) in [5.74, 6) is -0.661. The molecule has 0 aliphatic heterocycles. The summed E-state index contributed by atoms with van der Waals surface area (Å²) >= 11 is 0. The molecule has 0 N–H and O–H groups in total. The second-order valence-corrected chi connectivity index (χ2v) is 23.9. The Morgan fingerprint density at radius 2 is 0.815 bits per heavy atom. The lowest BCUT2D eigenvalue weighted by Gasteiger charge is -2.38. The number of nitrogens with zero attached hydrogens (tertiary/aromatic N) is 3. The van der Waals surface area contributed by atoms with Gasteiger partial charge in [-0.1, -0.05) is 193 Å². The summed E-state index contributed by atoms with van der Waals surface area (Å²) < 4.78 is 40.6. The van der Waals surface area contributed by atoms with E-state index in [0.717, 1.165) is 127 Å². The van der Waals surface area contributed by atoms with E-state index in [1.165, 1.54) is 28.6 Å². The molecule has 14 rings (SSSR count). The first-order valence-corrected chi connectivity index (χ1v) is 28.2. The maximum atomic E-state index is 16.7. The lowest BCUT2D eigenvalue weighted by Crippen LogP contribution is -2.26. The van der Waals surface area contributed by atoms with Crippen molar-refractivity contribution in [2.45, 2.75) is 65.7 Å². The van der Waals surface area contributed by atoms with Crippen LogP contribution in [0.25, 0.3) is 116 Å². The van der Waals surface area contributed by atoms with Crippen LogP contribution in [0.2, 0.25) is 0 Å². The fraction of sp³-hybridized carbons (Fsp3) is 0.132. The van der Waals surface area contributed by atoms with Gasteiger partial charge in [-0.15, -0.1) is 0 Å². The van der Waals surface area contributed by atoms with E-state index < -0.39 is 10.8 Å². The van der Waals surface area contributed by atoms with Crippen molar-refractivity contribution in [3.8, 4) is 50.4 Å². The largest absolute Gasteiger partial charge is 0.309 e. The molecule has 0 aliphatic carbocycles. The van der Waals surface area contributed by atoms with E-state index >= 15 is 8.78 Å². The van der Waals surface area contributed by atoms with Gasteiger partial charge in [-0.2, -0.15) is 0 Å². The highest BCUT2D eigenvalue weighted by Crippen LogP contribution is 2.55. The van der Waals surface area contributed by atoms with Crippen LogP contribution in [0, 0.1) is 18.6 Å². The molecular weight excluding hydrogens is 993 g/mol. The summed E-state index contributed by atoms with van der Waals surface area (Å²) in [4.78, 5) is 0. The van der Waals surface area contributed by atoms with Crippen LogP contribution < -0.4 is 0 Å². The number of aryl methyl sites for hydroxylation is 1. The van der Waals surface area contributed by atoms with E-state index in [4.69, 9.17) is 0 Å². The molecule has 3 nitrogen and oxygen atoms in total. The summed E-state index contributed by atoms with van der Waals surface area (Å²) in [7, 11) is 0. The van der Waals surface area contributed by atoms with E-state index in [1.807, 2.05) is 12.1 Å². The molecule has 14 aromatic rings. The standard InChI is InChI=1S/C76H61F2N3/c1-47-24-14-15-33-54(47)55-40-42-65-69(58-35-17-20-38-63(58)79(65)52-29-10-8-11-30-52)60(55)46-61-71(75(2,3)4)67(48-25-22-27-50(77)44-48)74(68(72(61)76(5,6)7)49-26-23-28-51(78)45-49)81-62-37-19-16-34-56(62)57-41-43-66-70(73(57)81)59-36-18-21-39-64(59)80(66)53-31-12-9-13-32-53/h8-45H,46H2,1-7H3. The third kappa shape index (κ3) is 7.96. The summed E-state index contributed by atoms with van der Waals surface area (Å²) in [6.45, 7) is 16.1. The second-order valence-electron chi connectivity index (χ2n) is 23.9. The SMILES string of the molecule is Cc1ccccc1-c1ccc2c(c1Cc1c(C(C)(C)C)c(-c3cccc(F)c3)c(-n3c4ccccc4c4ccc5c(c6ccccc6n5-c5ccccc5)c43)c(-c3cccc(F)c3)c1C(C)(C)C)c1ccccc1n2-c1ccccc1. The third-order valence-corrected chi connectivity index (χ3v) is 16.8. The van der Waals surface area contributed by atoms with Gasteiger partial charge in [0.1, 0.15) is 11.6 Å².